The Labute approximate surface area is 132 Å². The molecule has 2 saturated carbocycles. The topological polar surface area (TPSA) is 0 Å². The second kappa shape index (κ2) is 4.59. The van der Waals surface area contributed by atoms with E-state index in [1.54, 1.807) is 0 Å². The normalized spacial score (nSPS) is 92.4. The van der Waals surface area contributed by atoms with Crippen LogP contribution in [-0.4, -0.2) is 0 Å². The van der Waals surface area contributed by atoms with Crippen LogP contribution in [0, 0.1) is 28.5 Å². The van der Waals surface area contributed by atoms with Gasteiger partial charge >= 0.3 is 0 Å². The quantitative estimate of drug-likeness (QED) is 0.522. The molecule has 0 aliphatic heterocycles. The van der Waals surface area contributed by atoms with E-state index in [1.807, 2.05) is 0 Å². The SMILES string of the molecule is [2H]C1([2H])C([2H])([2H])C([2H])(C)C([2H])(C)C2(C1([2H])[2H])C([2H])([2H])C([2H])([2H])C([2H])(C(C)(C)C)C([2H])([2H])C2([2H])[2H]. The molecule has 2 atom stereocenters. The van der Waals surface area contributed by atoms with E-state index in [4.69, 9.17) is 23.3 Å². The Balaban J connectivity index is 3.37. The summed E-state index contributed by atoms with van der Waals surface area (Å²) in [6.45, 7) is 4.89. The molecule has 0 aromatic heterocycles. The van der Waals surface area contributed by atoms with Gasteiger partial charge in [-0.3, -0.25) is 0 Å². The van der Waals surface area contributed by atoms with E-state index >= 15 is 0 Å². The first-order chi connectivity index (χ1) is 14.2. The van der Waals surface area contributed by atoms with Crippen molar-refractivity contribution in [1.29, 1.82) is 0 Å². The molecule has 0 N–H and O–H groups in total. The van der Waals surface area contributed by atoms with E-state index in [0.29, 0.717) is 13.8 Å². The monoisotopic (exact) mass is 253 g/mol. The Morgan fingerprint density at radius 2 is 1.65 bits per heavy atom. The highest BCUT2D eigenvalue weighted by atomic mass is 14.5. The van der Waals surface area contributed by atoms with Crippen LogP contribution in [0.25, 0.3) is 0 Å². The zero-order chi connectivity index (χ0) is 28.0. The minimum atomic E-state index is -4.08. The van der Waals surface area contributed by atoms with E-state index in [1.165, 1.54) is 20.8 Å². The van der Waals surface area contributed by atoms with Gasteiger partial charge in [0, 0.05) is 23.3 Å². The first-order valence-electron chi connectivity index (χ1n) is 14.2. The van der Waals surface area contributed by atoms with E-state index in [2.05, 4.69) is 0 Å². The summed E-state index contributed by atoms with van der Waals surface area (Å²) in [5.41, 5.74) is -5.74. The highest BCUT2D eigenvalue weighted by Gasteiger charge is 2.44. The van der Waals surface area contributed by atoms with Crippen LogP contribution >= 0.6 is 0 Å². The van der Waals surface area contributed by atoms with Crippen LogP contribution in [0.5, 0.6) is 0 Å². The van der Waals surface area contributed by atoms with Crippen LogP contribution in [0.4, 0.5) is 0 Å². The van der Waals surface area contributed by atoms with Gasteiger partial charge in [-0.1, -0.05) is 47.4 Å². The van der Waals surface area contributed by atoms with Gasteiger partial charge in [-0.25, -0.2) is 0 Å². The van der Waals surface area contributed by atoms with E-state index in [0.717, 1.165) is 0 Å². The zero-order valence-electron chi connectivity index (χ0n) is 28.0. The van der Waals surface area contributed by atoms with Gasteiger partial charge in [-0.15, -0.1) is 0 Å². The molecule has 0 bridgehead atoms. The molecule has 0 amide bonds. The summed E-state index contributed by atoms with van der Waals surface area (Å²) in [6.07, 6.45) is -27.0. The van der Waals surface area contributed by atoms with Crippen molar-refractivity contribution >= 4 is 0 Å². The molecule has 0 saturated heterocycles. The van der Waals surface area contributed by atoms with Crippen LogP contribution in [-0.2, 0) is 0 Å². The predicted molar refractivity (Wildman–Crippen MR) is 76.0 cm³/mol. The lowest BCUT2D eigenvalue weighted by Gasteiger charge is -2.51. The van der Waals surface area contributed by atoms with Crippen LogP contribution in [0.15, 0.2) is 0 Å². The van der Waals surface area contributed by atoms with Crippen LogP contribution in [0.3, 0.4) is 0 Å². The Morgan fingerprint density at radius 3 is 2.18 bits per heavy atom. The largest absolute Gasteiger partial charge is 0.0622 e. The third-order valence-electron chi connectivity index (χ3n) is 3.12. The average Bonchev–Trinajstić information content (AvgIpc) is 2.56. The summed E-state index contributed by atoms with van der Waals surface area (Å²) in [5, 5.41) is 0. The molecule has 2 rings (SSSR count). The molecule has 0 heteroatoms. The number of hydrogen-bond donors (Lipinski definition) is 0. The standard InChI is InChI=1S/C17H32/c1-13-7-6-10-17(14(13)2)11-8-15(9-12-17)16(3,4)5/h13-15H,6-12H2,1-5H3/i6D2,7D2,8D2,9D2,10D2,11D2,12D2,13D,14D,15D. The van der Waals surface area contributed by atoms with Crippen molar-refractivity contribution < 1.29 is 23.3 Å². The Bertz CT molecular complexity index is 813. The molecule has 0 radical (unpaired) electrons. The van der Waals surface area contributed by atoms with Crippen molar-refractivity contribution in [1.82, 2.24) is 0 Å². The fourth-order valence-corrected chi connectivity index (χ4v) is 1.69. The van der Waals surface area contributed by atoms with E-state index in [9.17, 15) is 0 Å². The fourth-order valence-electron chi connectivity index (χ4n) is 1.69. The maximum atomic E-state index is 9.00. The van der Waals surface area contributed by atoms with Gasteiger partial charge in [-0.2, -0.15) is 0 Å². The fraction of sp³-hybridized carbons (Fsp3) is 1.00. The Kier molecular flexibility index (Phi) is 0.960. The highest BCUT2D eigenvalue weighted by Crippen LogP contribution is 2.55. The number of hydrogen-bond acceptors (Lipinski definition) is 0. The van der Waals surface area contributed by atoms with Gasteiger partial charge in [0.15, 0.2) is 0 Å². The molecule has 0 heterocycles. The second-order valence-corrected chi connectivity index (χ2v) is 5.50. The van der Waals surface area contributed by atoms with Crippen molar-refractivity contribution in [2.45, 2.75) is 79.2 Å². The van der Waals surface area contributed by atoms with Gasteiger partial charge in [0.05, 0.1) is 0 Å². The van der Waals surface area contributed by atoms with Crippen molar-refractivity contribution in [3.05, 3.63) is 0 Å². The van der Waals surface area contributed by atoms with E-state index < -0.39 is 73.1 Å². The average molecular weight is 254 g/mol. The summed E-state index contributed by atoms with van der Waals surface area (Å²) in [7, 11) is 0. The maximum absolute atomic E-state index is 9.00. The molecule has 2 aliphatic carbocycles. The van der Waals surface area contributed by atoms with Crippen molar-refractivity contribution in [3.63, 3.8) is 0 Å². The summed E-state index contributed by atoms with van der Waals surface area (Å²) < 4.78 is 147. The molecule has 100 valence electrons. The molecule has 0 nitrogen and oxygen atoms in total. The first-order valence-corrected chi connectivity index (χ1v) is 5.75. The molecule has 2 fully saturated rings. The van der Waals surface area contributed by atoms with Crippen LogP contribution in [0.1, 0.15) is 103 Å². The molecule has 2 unspecified atom stereocenters. The smallest absolute Gasteiger partial charge is 0.0308 e. The Hall–Kier alpha value is 0. The molecule has 0 aromatic rings. The third kappa shape index (κ3) is 2.56. The van der Waals surface area contributed by atoms with Crippen LogP contribution in [0.2, 0.25) is 0 Å². The molecular weight excluding hydrogens is 204 g/mol. The molecule has 0 aromatic carbocycles. The lowest BCUT2D eigenvalue weighted by molar-refractivity contribution is -0.00888. The summed E-state index contributed by atoms with van der Waals surface area (Å²) in [6, 6.07) is 0. The summed E-state index contributed by atoms with van der Waals surface area (Å²) in [5.74, 6) is -9.64. The second-order valence-electron chi connectivity index (χ2n) is 5.50. The predicted octanol–water partition coefficient (Wildman–Crippen LogP) is 5.67. The third-order valence-corrected chi connectivity index (χ3v) is 3.12. The van der Waals surface area contributed by atoms with Crippen LogP contribution < -0.4 is 0 Å². The van der Waals surface area contributed by atoms with Gasteiger partial charge in [0.25, 0.3) is 0 Å². The first kappa shape index (κ1) is 3.55. The molecule has 17 heavy (non-hydrogen) atoms. The van der Waals surface area contributed by atoms with Gasteiger partial charge in [-0.05, 0) is 60.4 Å². The van der Waals surface area contributed by atoms with Crippen molar-refractivity contribution in [3.8, 4) is 0 Å². The van der Waals surface area contributed by atoms with Gasteiger partial charge in [0.1, 0.15) is 0 Å². The molecule has 2 aliphatic rings. The molecular formula is C17H32. The Morgan fingerprint density at radius 1 is 1.06 bits per heavy atom. The minimum absolute atomic E-state index is 0.626. The summed E-state index contributed by atoms with van der Waals surface area (Å²) in [4.78, 5) is 0. The minimum Gasteiger partial charge on any atom is -0.0622 e. The summed E-state index contributed by atoms with van der Waals surface area (Å²) >= 11 is 0. The van der Waals surface area contributed by atoms with Gasteiger partial charge < -0.3 is 0 Å². The molecule has 1 spiro atoms. The highest BCUT2D eigenvalue weighted by molar-refractivity contribution is 4.95. The van der Waals surface area contributed by atoms with Crippen molar-refractivity contribution in [2.75, 3.05) is 0 Å². The maximum Gasteiger partial charge on any atom is 0.0308 e. The zero-order valence-corrected chi connectivity index (χ0v) is 11.0. The van der Waals surface area contributed by atoms with Crippen molar-refractivity contribution in [2.24, 2.45) is 28.5 Å². The van der Waals surface area contributed by atoms with Gasteiger partial charge in [0.2, 0.25) is 0 Å². The number of rotatable bonds is 0. The van der Waals surface area contributed by atoms with E-state index in [-0.39, 0.29) is 0 Å². The lowest BCUT2D eigenvalue weighted by atomic mass is 9.54. The lowest BCUT2D eigenvalue weighted by Crippen LogP contribution is -2.41.